The van der Waals surface area contributed by atoms with E-state index in [-0.39, 0.29) is 0 Å². The molecule has 2 aromatic heterocycles. The second-order valence-corrected chi connectivity index (χ2v) is 4.19. The van der Waals surface area contributed by atoms with Crippen molar-refractivity contribution in [1.82, 2.24) is 13.5 Å². The molecule has 2 aromatic rings. The van der Waals surface area contributed by atoms with E-state index < -0.39 is 0 Å². The van der Waals surface area contributed by atoms with E-state index in [1.165, 1.54) is 5.56 Å². The zero-order valence-electron chi connectivity index (χ0n) is 7.44. The molecular weight excluding hydrogens is 220 g/mol. The van der Waals surface area contributed by atoms with Crippen molar-refractivity contribution in [2.45, 2.75) is 6.92 Å². The van der Waals surface area contributed by atoms with Gasteiger partial charge in [0.2, 0.25) is 0 Å². The van der Waals surface area contributed by atoms with E-state index >= 15 is 0 Å². The number of hydrogen-bond donors (Lipinski definition) is 0. The van der Waals surface area contributed by atoms with Gasteiger partial charge in [0.1, 0.15) is 0 Å². The van der Waals surface area contributed by atoms with E-state index in [0.717, 1.165) is 30.2 Å². The van der Waals surface area contributed by atoms with Crippen molar-refractivity contribution >= 4 is 18.8 Å². The fraction of sp³-hybridized carbons (Fsp3) is 0.111. The Labute approximate surface area is 87.0 Å². The van der Waals surface area contributed by atoms with Gasteiger partial charge in [0, 0.05) is 0 Å². The van der Waals surface area contributed by atoms with Crippen LogP contribution in [0, 0.1) is 6.92 Å². The normalized spacial score (nSPS) is 10.2. The molecule has 0 saturated carbocycles. The number of aryl methyl sites for hydroxylation is 1. The van der Waals surface area contributed by atoms with Gasteiger partial charge < -0.3 is 0 Å². The first-order valence-corrected chi connectivity index (χ1v) is 5.38. The Balaban J connectivity index is 2.53. The molecule has 13 heavy (non-hydrogen) atoms. The van der Waals surface area contributed by atoms with E-state index in [0.29, 0.717) is 0 Å². The molecule has 63 valence electrons. The van der Waals surface area contributed by atoms with Crippen LogP contribution in [0.25, 0.3) is 11.4 Å². The molecule has 2 heterocycles. The molecule has 4 heteroatoms. The van der Waals surface area contributed by atoms with Gasteiger partial charge in [-0.3, -0.25) is 0 Å². The zero-order valence-corrected chi connectivity index (χ0v) is 10.4. The summed E-state index contributed by atoms with van der Waals surface area (Å²) in [5, 5.41) is 4.15. The molecule has 0 atom stereocenters. The van der Waals surface area contributed by atoms with Crippen LogP contribution in [-0.4, -0.2) is 32.3 Å². The molecule has 1 radical (unpaired) electrons. The summed E-state index contributed by atoms with van der Waals surface area (Å²) in [6.07, 6.45) is 3.64. The number of nitrogens with zero attached hydrogens (tertiary/aromatic N) is 3. The van der Waals surface area contributed by atoms with Gasteiger partial charge in [-0.05, 0) is 0 Å². The van der Waals surface area contributed by atoms with E-state index in [2.05, 4.69) is 23.1 Å². The first-order chi connectivity index (χ1) is 6.27. The second-order valence-electron chi connectivity index (χ2n) is 2.93. The predicted molar refractivity (Wildman–Crippen MR) is 52.7 cm³/mol. The maximum atomic E-state index is 4.30. The summed E-state index contributed by atoms with van der Waals surface area (Å²) in [5.41, 5.74) is 3.33. The standard InChI is InChI=1S/C9H8N3.Ga.H/c1-7-2-4-10-9(6-7)8-3-5-11-12-8;;/h2-6H,1H3;;/q-1;+1;. The molecule has 0 bridgehead atoms. The summed E-state index contributed by atoms with van der Waals surface area (Å²) in [7, 11) is 0. The van der Waals surface area contributed by atoms with Crippen LogP contribution in [0.3, 0.4) is 0 Å². The molecule has 0 spiro atoms. The average Bonchev–Trinajstić information content (AvgIpc) is 2.51. The quantitative estimate of drug-likeness (QED) is 0.680. The monoisotopic (exact) mass is 228 g/mol. The topological polar surface area (TPSA) is 30.7 Å². The van der Waals surface area contributed by atoms with Gasteiger partial charge in [0.25, 0.3) is 0 Å². The van der Waals surface area contributed by atoms with Gasteiger partial charge >= 0.3 is 86.8 Å². The van der Waals surface area contributed by atoms with E-state index in [1.54, 1.807) is 0 Å². The minimum absolute atomic E-state index is 0.998. The molecule has 3 nitrogen and oxygen atoms in total. The Morgan fingerprint density at radius 1 is 1.31 bits per heavy atom. The van der Waals surface area contributed by atoms with Crippen molar-refractivity contribution in [3.63, 3.8) is 0 Å². The fourth-order valence-corrected chi connectivity index (χ4v) is 1.99. The third-order valence-electron chi connectivity index (χ3n) is 1.89. The Morgan fingerprint density at radius 3 is 2.77 bits per heavy atom. The molecule has 0 unspecified atom stereocenters. The van der Waals surface area contributed by atoms with Crippen LogP contribution in [0.5, 0.6) is 0 Å². The van der Waals surface area contributed by atoms with Gasteiger partial charge in [-0.25, -0.2) is 0 Å². The van der Waals surface area contributed by atoms with Gasteiger partial charge in [-0.2, -0.15) is 0 Å². The Bertz CT molecular complexity index is 422. The minimum atomic E-state index is 0.998. The molecule has 0 aromatic carbocycles. The van der Waals surface area contributed by atoms with Crippen LogP contribution in [0.1, 0.15) is 5.56 Å². The van der Waals surface area contributed by atoms with Crippen molar-refractivity contribution in [2.75, 3.05) is 0 Å². The summed E-state index contributed by atoms with van der Waals surface area (Å²) < 4.78 is 1.95. The van der Waals surface area contributed by atoms with Crippen LogP contribution in [0.4, 0.5) is 0 Å². The summed E-state index contributed by atoms with van der Waals surface area (Å²) in [5.74, 6) is 0. The zero-order chi connectivity index (χ0) is 9.26. The number of rotatable bonds is 1. The molecular formula is C9H9GaN3. The average molecular weight is 229 g/mol. The van der Waals surface area contributed by atoms with Crippen LogP contribution >= 0.6 is 0 Å². The summed E-state index contributed by atoms with van der Waals surface area (Å²) in [6.45, 7) is 2.07. The fourth-order valence-electron chi connectivity index (χ4n) is 1.23. The summed E-state index contributed by atoms with van der Waals surface area (Å²) in [6, 6.07) is 6.06. The molecule has 0 aliphatic carbocycles. The molecule has 0 fully saturated rings. The number of hydrogen-bond acceptors (Lipinski definition) is 2. The Hall–Kier alpha value is -1.00. The third kappa shape index (κ3) is 1.68. The van der Waals surface area contributed by atoms with Gasteiger partial charge in [-0.1, -0.05) is 0 Å². The van der Waals surface area contributed by atoms with E-state index in [9.17, 15) is 0 Å². The van der Waals surface area contributed by atoms with Gasteiger partial charge in [-0.15, -0.1) is 0 Å². The van der Waals surface area contributed by atoms with Crippen LogP contribution in [0.2, 0.25) is 0 Å². The van der Waals surface area contributed by atoms with E-state index in [1.807, 2.05) is 27.9 Å². The van der Waals surface area contributed by atoms with Crippen LogP contribution in [-0.2, 0) is 0 Å². The second kappa shape index (κ2) is 3.39. The SMILES string of the molecule is Cc1ccnc(-c2ccn[n]2[GaH])c1. The van der Waals surface area contributed by atoms with Crippen molar-refractivity contribution < 1.29 is 0 Å². The van der Waals surface area contributed by atoms with Crippen LogP contribution < -0.4 is 0 Å². The summed E-state index contributed by atoms with van der Waals surface area (Å²) in [4.78, 5) is 4.30. The molecule has 2 rings (SSSR count). The molecule has 0 amide bonds. The van der Waals surface area contributed by atoms with Gasteiger partial charge in [0.05, 0.1) is 0 Å². The third-order valence-corrected chi connectivity index (χ3v) is 2.95. The molecule has 0 aliphatic rings. The summed E-state index contributed by atoms with van der Waals surface area (Å²) >= 11 is 0.998. The molecule has 0 N–H and O–H groups in total. The Morgan fingerprint density at radius 2 is 2.15 bits per heavy atom. The van der Waals surface area contributed by atoms with Crippen molar-refractivity contribution in [3.8, 4) is 11.4 Å². The van der Waals surface area contributed by atoms with Crippen molar-refractivity contribution in [2.24, 2.45) is 0 Å². The molecule has 0 saturated heterocycles. The maximum absolute atomic E-state index is 4.30. The van der Waals surface area contributed by atoms with Crippen molar-refractivity contribution in [1.29, 1.82) is 0 Å². The Kier molecular flexibility index (Phi) is 2.24. The first-order valence-electron chi connectivity index (χ1n) is 4.05. The first kappa shape index (κ1) is 8.59. The molecule has 0 aliphatic heterocycles. The predicted octanol–water partition coefficient (Wildman–Crippen LogP) is 0.917. The van der Waals surface area contributed by atoms with Crippen LogP contribution in [0.15, 0.2) is 30.6 Å². The number of pyridine rings is 1. The van der Waals surface area contributed by atoms with Crippen molar-refractivity contribution in [3.05, 3.63) is 36.2 Å². The number of aromatic nitrogens is 3. The van der Waals surface area contributed by atoms with E-state index in [4.69, 9.17) is 0 Å². The van der Waals surface area contributed by atoms with Gasteiger partial charge in [0.15, 0.2) is 0 Å².